The van der Waals surface area contributed by atoms with Gasteiger partial charge in [0, 0.05) is 5.69 Å². The molecule has 0 fully saturated rings. The molecule has 150 valence electrons. The zero-order chi connectivity index (χ0) is 20.4. The van der Waals surface area contributed by atoms with Crippen molar-refractivity contribution in [3.8, 4) is 5.75 Å². The smallest absolute Gasteiger partial charge is 0.338 e. The number of amides is 1. The molecule has 0 saturated carbocycles. The Hall–Kier alpha value is -2.82. The van der Waals surface area contributed by atoms with Crippen molar-refractivity contribution in [1.82, 2.24) is 0 Å². The molecule has 0 aliphatic carbocycles. The summed E-state index contributed by atoms with van der Waals surface area (Å²) < 4.78 is 10.8. The lowest BCUT2D eigenvalue weighted by atomic mass is 10.1. The number of carbonyl (C=O) groups excluding carboxylic acids is 2. The number of nitrogens with one attached hydrogen (secondary N) is 1. The van der Waals surface area contributed by atoms with Gasteiger partial charge in [0.15, 0.2) is 6.61 Å². The summed E-state index contributed by atoms with van der Waals surface area (Å²) >= 11 is 0. The van der Waals surface area contributed by atoms with E-state index in [4.69, 9.17) is 9.47 Å². The fraction of sp³-hybridized carbons (Fsp3) is 0.391. The molecule has 0 radical (unpaired) electrons. The first-order valence-corrected chi connectivity index (χ1v) is 9.76. The Balaban J connectivity index is 1.78. The largest absolute Gasteiger partial charge is 0.484 e. The molecule has 5 nitrogen and oxygen atoms in total. The summed E-state index contributed by atoms with van der Waals surface area (Å²) in [5.41, 5.74) is 3.25. The maximum absolute atomic E-state index is 12.1. The average Bonchev–Trinajstić information content (AvgIpc) is 2.66. The summed E-state index contributed by atoms with van der Waals surface area (Å²) in [5, 5.41) is 2.76. The van der Waals surface area contributed by atoms with Gasteiger partial charge in [0.05, 0.1) is 12.2 Å². The SMILES string of the molecule is CCCCCCOC(=O)c1ccc(NC(=O)COc2cc(C)cc(C)c2)cc1. The van der Waals surface area contributed by atoms with Crippen molar-refractivity contribution in [3.63, 3.8) is 0 Å². The molecule has 0 unspecified atom stereocenters. The lowest BCUT2D eigenvalue weighted by molar-refractivity contribution is -0.118. The van der Waals surface area contributed by atoms with Gasteiger partial charge in [0.2, 0.25) is 0 Å². The number of esters is 1. The third kappa shape index (κ3) is 7.43. The topological polar surface area (TPSA) is 64.6 Å². The molecule has 2 rings (SSSR count). The molecule has 5 heteroatoms. The minimum atomic E-state index is -0.340. The molecular formula is C23H29NO4. The highest BCUT2D eigenvalue weighted by molar-refractivity contribution is 5.93. The van der Waals surface area contributed by atoms with E-state index in [0.29, 0.717) is 23.6 Å². The van der Waals surface area contributed by atoms with Crippen LogP contribution in [0, 0.1) is 13.8 Å². The Labute approximate surface area is 167 Å². The first-order valence-electron chi connectivity index (χ1n) is 9.76. The predicted molar refractivity (Wildman–Crippen MR) is 111 cm³/mol. The van der Waals surface area contributed by atoms with Crippen molar-refractivity contribution in [2.24, 2.45) is 0 Å². The molecule has 28 heavy (non-hydrogen) atoms. The third-order valence-electron chi connectivity index (χ3n) is 4.20. The van der Waals surface area contributed by atoms with E-state index in [1.165, 1.54) is 0 Å². The molecule has 0 aromatic heterocycles. The number of hydrogen-bond donors (Lipinski definition) is 1. The van der Waals surface area contributed by atoms with Gasteiger partial charge in [-0.15, -0.1) is 0 Å². The van der Waals surface area contributed by atoms with E-state index in [1.807, 2.05) is 32.0 Å². The zero-order valence-electron chi connectivity index (χ0n) is 16.9. The summed E-state index contributed by atoms with van der Waals surface area (Å²) in [4.78, 5) is 24.1. The number of ether oxygens (including phenoxy) is 2. The number of hydrogen-bond acceptors (Lipinski definition) is 4. The first kappa shape index (κ1) is 21.5. The second kappa shape index (κ2) is 11.1. The van der Waals surface area contributed by atoms with Crippen LogP contribution >= 0.6 is 0 Å². The van der Waals surface area contributed by atoms with Crippen LogP contribution in [-0.2, 0) is 9.53 Å². The number of anilines is 1. The third-order valence-corrected chi connectivity index (χ3v) is 4.20. The number of aryl methyl sites for hydroxylation is 2. The maximum atomic E-state index is 12.1. The monoisotopic (exact) mass is 383 g/mol. The molecular weight excluding hydrogens is 354 g/mol. The Kier molecular flexibility index (Phi) is 8.53. The summed E-state index contributed by atoms with van der Waals surface area (Å²) in [6.07, 6.45) is 4.25. The Morgan fingerprint density at radius 2 is 1.61 bits per heavy atom. The van der Waals surface area contributed by atoms with E-state index >= 15 is 0 Å². The van der Waals surface area contributed by atoms with Gasteiger partial charge < -0.3 is 14.8 Å². The van der Waals surface area contributed by atoms with Crippen LogP contribution in [0.25, 0.3) is 0 Å². The lowest BCUT2D eigenvalue weighted by Crippen LogP contribution is -2.20. The van der Waals surface area contributed by atoms with Crippen LogP contribution in [0.3, 0.4) is 0 Å². The van der Waals surface area contributed by atoms with Crippen molar-refractivity contribution in [2.45, 2.75) is 46.5 Å². The van der Waals surface area contributed by atoms with Crippen molar-refractivity contribution in [2.75, 3.05) is 18.5 Å². The van der Waals surface area contributed by atoms with Gasteiger partial charge >= 0.3 is 5.97 Å². The van der Waals surface area contributed by atoms with Crippen LogP contribution in [0.4, 0.5) is 5.69 Å². The normalized spacial score (nSPS) is 10.4. The predicted octanol–water partition coefficient (Wildman–Crippen LogP) is 5.06. The Bertz CT molecular complexity index is 763. The average molecular weight is 383 g/mol. The van der Waals surface area contributed by atoms with Crippen LogP contribution in [0.2, 0.25) is 0 Å². The van der Waals surface area contributed by atoms with Gasteiger partial charge in [-0.25, -0.2) is 4.79 Å². The van der Waals surface area contributed by atoms with E-state index < -0.39 is 0 Å². The molecule has 1 amide bonds. The van der Waals surface area contributed by atoms with Crippen LogP contribution in [-0.4, -0.2) is 25.1 Å². The van der Waals surface area contributed by atoms with Crippen LogP contribution in [0.5, 0.6) is 5.75 Å². The first-order chi connectivity index (χ1) is 13.5. The second-order valence-corrected chi connectivity index (χ2v) is 6.93. The number of carbonyl (C=O) groups is 2. The standard InChI is InChI=1S/C23H29NO4/c1-4-5-6-7-12-27-23(26)19-8-10-20(11-9-19)24-22(25)16-28-21-14-17(2)13-18(3)15-21/h8-11,13-15H,4-7,12,16H2,1-3H3,(H,24,25). The van der Waals surface area contributed by atoms with Gasteiger partial charge in [-0.2, -0.15) is 0 Å². The zero-order valence-corrected chi connectivity index (χ0v) is 16.9. The van der Waals surface area contributed by atoms with Crippen molar-refractivity contribution in [3.05, 3.63) is 59.2 Å². The van der Waals surface area contributed by atoms with Crippen molar-refractivity contribution < 1.29 is 19.1 Å². The lowest BCUT2D eigenvalue weighted by Gasteiger charge is -2.09. The molecule has 2 aromatic rings. The highest BCUT2D eigenvalue weighted by Gasteiger charge is 2.09. The number of rotatable bonds is 10. The molecule has 0 aliphatic rings. The van der Waals surface area contributed by atoms with E-state index in [9.17, 15) is 9.59 Å². The number of unbranched alkanes of at least 4 members (excludes halogenated alkanes) is 3. The highest BCUT2D eigenvalue weighted by Crippen LogP contribution is 2.16. The van der Waals surface area contributed by atoms with Crippen LogP contribution in [0.1, 0.15) is 54.1 Å². The second-order valence-electron chi connectivity index (χ2n) is 6.93. The van der Waals surface area contributed by atoms with E-state index in [1.54, 1.807) is 24.3 Å². The minimum absolute atomic E-state index is 0.0789. The molecule has 0 aliphatic heterocycles. The Morgan fingerprint density at radius 1 is 0.929 bits per heavy atom. The van der Waals surface area contributed by atoms with E-state index in [0.717, 1.165) is 36.8 Å². The Morgan fingerprint density at radius 3 is 2.25 bits per heavy atom. The fourth-order valence-corrected chi connectivity index (χ4v) is 2.83. The fourth-order valence-electron chi connectivity index (χ4n) is 2.83. The summed E-state index contributed by atoms with van der Waals surface area (Å²) in [5.74, 6) is 0.0719. The summed E-state index contributed by atoms with van der Waals surface area (Å²) in [7, 11) is 0. The van der Waals surface area contributed by atoms with Crippen LogP contribution in [0.15, 0.2) is 42.5 Å². The summed E-state index contributed by atoms with van der Waals surface area (Å²) in [6.45, 7) is 6.47. The van der Waals surface area contributed by atoms with Crippen molar-refractivity contribution >= 4 is 17.6 Å². The molecule has 0 heterocycles. The van der Waals surface area contributed by atoms with Gasteiger partial charge in [0.25, 0.3) is 5.91 Å². The van der Waals surface area contributed by atoms with Gasteiger partial charge in [-0.05, 0) is 67.8 Å². The quantitative estimate of drug-likeness (QED) is 0.460. The molecule has 2 aromatic carbocycles. The molecule has 0 spiro atoms. The highest BCUT2D eigenvalue weighted by atomic mass is 16.5. The number of benzene rings is 2. The molecule has 0 atom stereocenters. The van der Waals surface area contributed by atoms with Gasteiger partial charge in [-0.3, -0.25) is 4.79 Å². The van der Waals surface area contributed by atoms with E-state index in [-0.39, 0.29) is 18.5 Å². The molecule has 0 bridgehead atoms. The minimum Gasteiger partial charge on any atom is -0.484 e. The maximum Gasteiger partial charge on any atom is 0.338 e. The molecule has 1 N–H and O–H groups in total. The van der Waals surface area contributed by atoms with Crippen LogP contribution < -0.4 is 10.1 Å². The molecule has 0 saturated heterocycles. The van der Waals surface area contributed by atoms with Crippen molar-refractivity contribution in [1.29, 1.82) is 0 Å². The van der Waals surface area contributed by atoms with Gasteiger partial charge in [-0.1, -0.05) is 32.3 Å². The summed E-state index contributed by atoms with van der Waals surface area (Å²) in [6, 6.07) is 12.5. The van der Waals surface area contributed by atoms with Gasteiger partial charge in [0.1, 0.15) is 5.75 Å². The van der Waals surface area contributed by atoms with E-state index in [2.05, 4.69) is 12.2 Å².